The number of hydrogen-bond acceptors (Lipinski definition) is 2. The van der Waals surface area contributed by atoms with Gasteiger partial charge in [-0.1, -0.05) is 29.8 Å². The van der Waals surface area contributed by atoms with Gasteiger partial charge in [0.2, 0.25) is 0 Å². The van der Waals surface area contributed by atoms with Gasteiger partial charge in [-0.05, 0) is 18.9 Å². The van der Waals surface area contributed by atoms with E-state index in [1.165, 1.54) is 11.1 Å². The van der Waals surface area contributed by atoms with Crippen LogP contribution >= 0.6 is 0 Å². The molecule has 1 saturated heterocycles. The summed E-state index contributed by atoms with van der Waals surface area (Å²) in [7, 11) is 0. The quantitative estimate of drug-likeness (QED) is 0.729. The number of piperazine rings is 1. The first-order valence-electron chi connectivity index (χ1n) is 5.34. The third-order valence-electron chi connectivity index (χ3n) is 2.73. The number of rotatable bonds is 2. The zero-order chi connectivity index (χ0) is 9.80. The molecule has 76 valence electrons. The van der Waals surface area contributed by atoms with Gasteiger partial charge < -0.3 is 10.6 Å². The van der Waals surface area contributed by atoms with Crippen molar-refractivity contribution in [3.05, 3.63) is 35.4 Å². The van der Waals surface area contributed by atoms with Crippen LogP contribution in [0.4, 0.5) is 0 Å². The second kappa shape index (κ2) is 4.58. The van der Waals surface area contributed by atoms with Crippen LogP contribution in [0, 0.1) is 6.92 Å². The summed E-state index contributed by atoms with van der Waals surface area (Å²) in [5, 5.41) is 6.92. The number of aryl methyl sites for hydroxylation is 1. The lowest BCUT2D eigenvalue weighted by molar-refractivity contribution is 0.416. The van der Waals surface area contributed by atoms with Crippen LogP contribution in [0.1, 0.15) is 11.1 Å². The lowest BCUT2D eigenvalue weighted by Gasteiger charge is -2.24. The van der Waals surface area contributed by atoms with E-state index in [-0.39, 0.29) is 0 Å². The zero-order valence-electron chi connectivity index (χ0n) is 8.72. The van der Waals surface area contributed by atoms with Gasteiger partial charge in [0.1, 0.15) is 0 Å². The van der Waals surface area contributed by atoms with Crippen molar-refractivity contribution in [1.82, 2.24) is 10.6 Å². The standard InChI is InChI=1S/C12H18N2/c1-10-2-4-11(5-3-10)8-12-9-13-6-7-14-12/h2-5,12-14H,6-9H2,1H3/t12-/m0/s1. The fourth-order valence-corrected chi connectivity index (χ4v) is 1.87. The van der Waals surface area contributed by atoms with E-state index in [4.69, 9.17) is 0 Å². The molecule has 1 aromatic carbocycles. The molecule has 0 aliphatic carbocycles. The Morgan fingerprint density at radius 2 is 2.00 bits per heavy atom. The first-order valence-corrected chi connectivity index (χ1v) is 5.34. The second-order valence-electron chi connectivity index (χ2n) is 4.04. The lowest BCUT2D eigenvalue weighted by atomic mass is 10.0. The number of benzene rings is 1. The van der Waals surface area contributed by atoms with E-state index in [0.717, 1.165) is 26.1 Å². The highest BCUT2D eigenvalue weighted by molar-refractivity contribution is 5.22. The topological polar surface area (TPSA) is 24.1 Å². The van der Waals surface area contributed by atoms with Crippen LogP contribution in [0.3, 0.4) is 0 Å². The molecule has 2 N–H and O–H groups in total. The predicted octanol–water partition coefficient (Wildman–Crippen LogP) is 1.10. The third kappa shape index (κ3) is 2.56. The normalized spacial score (nSPS) is 22.2. The van der Waals surface area contributed by atoms with Gasteiger partial charge in [0, 0.05) is 25.7 Å². The summed E-state index contributed by atoms with van der Waals surface area (Å²) in [6, 6.07) is 9.43. The molecule has 1 fully saturated rings. The van der Waals surface area contributed by atoms with Crippen LogP contribution in [0.25, 0.3) is 0 Å². The summed E-state index contributed by atoms with van der Waals surface area (Å²) in [5.74, 6) is 0. The first kappa shape index (κ1) is 9.69. The van der Waals surface area contributed by atoms with Gasteiger partial charge in [-0.2, -0.15) is 0 Å². The fourth-order valence-electron chi connectivity index (χ4n) is 1.87. The molecule has 1 aliphatic rings. The van der Waals surface area contributed by atoms with Crippen LogP contribution in [-0.4, -0.2) is 25.7 Å². The molecule has 0 unspecified atom stereocenters. The minimum absolute atomic E-state index is 0.603. The second-order valence-corrected chi connectivity index (χ2v) is 4.04. The highest BCUT2D eigenvalue weighted by Gasteiger charge is 2.11. The molecule has 0 aromatic heterocycles. The maximum absolute atomic E-state index is 3.52. The van der Waals surface area contributed by atoms with Gasteiger partial charge in [0.05, 0.1) is 0 Å². The van der Waals surface area contributed by atoms with Crippen LogP contribution < -0.4 is 10.6 Å². The molecular formula is C12H18N2. The van der Waals surface area contributed by atoms with E-state index in [0.29, 0.717) is 6.04 Å². The van der Waals surface area contributed by atoms with Crippen LogP contribution in [-0.2, 0) is 6.42 Å². The molecule has 1 aliphatic heterocycles. The molecule has 0 radical (unpaired) electrons. The highest BCUT2D eigenvalue weighted by atomic mass is 15.0. The molecule has 1 heterocycles. The number of nitrogens with one attached hydrogen (secondary N) is 2. The predicted molar refractivity (Wildman–Crippen MR) is 59.5 cm³/mol. The fraction of sp³-hybridized carbons (Fsp3) is 0.500. The Balaban J connectivity index is 1.92. The molecular weight excluding hydrogens is 172 g/mol. The first-order chi connectivity index (χ1) is 6.84. The van der Waals surface area contributed by atoms with Crippen molar-refractivity contribution in [3.63, 3.8) is 0 Å². The molecule has 0 bridgehead atoms. The Kier molecular flexibility index (Phi) is 3.17. The summed E-state index contributed by atoms with van der Waals surface area (Å²) in [4.78, 5) is 0. The maximum atomic E-state index is 3.52. The summed E-state index contributed by atoms with van der Waals surface area (Å²) >= 11 is 0. The highest BCUT2D eigenvalue weighted by Crippen LogP contribution is 2.06. The number of hydrogen-bond donors (Lipinski definition) is 2. The van der Waals surface area contributed by atoms with E-state index in [1.807, 2.05) is 0 Å². The van der Waals surface area contributed by atoms with Crippen molar-refractivity contribution < 1.29 is 0 Å². The molecule has 0 spiro atoms. The van der Waals surface area contributed by atoms with Crippen molar-refractivity contribution >= 4 is 0 Å². The molecule has 1 aromatic rings. The van der Waals surface area contributed by atoms with Crippen molar-refractivity contribution in [2.24, 2.45) is 0 Å². The SMILES string of the molecule is Cc1ccc(C[C@H]2CNCCN2)cc1. The molecule has 2 nitrogen and oxygen atoms in total. The van der Waals surface area contributed by atoms with Crippen molar-refractivity contribution in [2.75, 3.05) is 19.6 Å². The van der Waals surface area contributed by atoms with Gasteiger partial charge in [-0.25, -0.2) is 0 Å². The lowest BCUT2D eigenvalue weighted by Crippen LogP contribution is -2.49. The molecule has 0 saturated carbocycles. The minimum Gasteiger partial charge on any atom is -0.314 e. The monoisotopic (exact) mass is 190 g/mol. The maximum Gasteiger partial charge on any atom is 0.0233 e. The van der Waals surface area contributed by atoms with Gasteiger partial charge in [0.15, 0.2) is 0 Å². The summed E-state index contributed by atoms with van der Waals surface area (Å²) in [6.45, 7) is 5.42. The molecule has 2 heteroatoms. The van der Waals surface area contributed by atoms with Gasteiger partial charge in [0.25, 0.3) is 0 Å². The Labute approximate surface area is 85.7 Å². The van der Waals surface area contributed by atoms with Crippen LogP contribution in [0.15, 0.2) is 24.3 Å². The average molecular weight is 190 g/mol. The van der Waals surface area contributed by atoms with Crippen LogP contribution in [0.5, 0.6) is 0 Å². The Morgan fingerprint density at radius 1 is 1.21 bits per heavy atom. The zero-order valence-corrected chi connectivity index (χ0v) is 8.72. The largest absolute Gasteiger partial charge is 0.314 e. The van der Waals surface area contributed by atoms with E-state index in [1.54, 1.807) is 0 Å². The molecule has 0 amide bonds. The Hall–Kier alpha value is -0.860. The summed E-state index contributed by atoms with van der Waals surface area (Å²) < 4.78 is 0. The van der Waals surface area contributed by atoms with Gasteiger partial charge >= 0.3 is 0 Å². The molecule has 1 atom stereocenters. The van der Waals surface area contributed by atoms with E-state index >= 15 is 0 Å². The van der Waals surface area contributed by atoms with E-state index in [9.17, 15) is 0 Å². The van der Waals surface area contributed by atoms with E-state index in [2.05, 4.69) is 41.8 Å². The third-order valence-corrected chi connectivity index (χ3v) is 2.73. The molecule has 14 heavy (non-hydrogen) atoms. The van der Waals surface area contributed by atoms with Crippen molar-refractivity contribution in [2.45, 2.75) is 19.4 Å². The van der Waals surface area contributed by atoms with Crippen LogP contribution in [0.2, 0.25) is 0 Å². The summed E-state index contributed by atoms with van der Waals surface area (Å²) in [5.41, 5.74) is 2.76. The average Bonchev–Trinajstić information content (AvgIpc) is 2.23. The van der Waals surface area contributed by atoms with Crippen molar-refractivity contribution in [1.29, 1.82) is 0 Å². The Bertz CT molecular complexity index is 273. The van der Waals surface area contributed by atoms with E-state index < -0.39 is 0 Å². The summed E-state index contributed by atoms with van der Waals surface area (Å²) in [6.07, 6.45) is 1.13. The van der Waals surface area contributed by atoms with Gasteiger partial charge in [-0.15, -0.1) is 0 Å². The Morgan fingerprint density at radius 3 is 2.64 bits per heavy atom. The minimum atomic E-state index is 0.603. The molecule has 2 rings (SSSR count). The van der Waals surface area contributed by atoms with Gasteiger partial charge in [-0.3, -0.25) is 0 Å². The smallest absolute Gasteiger partial charge is 0.0233 e. The van der Waals surface area contributed by atoms with Crippen molar-refractivity contribution in [3.8, 4) is 0 Å².